The van der Waals surface area contributed by atoms with E-state index in [2.05, 4.69) is 38.1 Å². The molecule has 2 unspecified atom stereocenters. The molecule has 0 aliphatic heterocycles. The predicted molar refractivity (Wildman–Crippen MR) is 68.4 cm³/mol. The molecule has 92 valence electrons. The molecule has 0 spiro atoms. The van der Waals surface area contributed by atoms with Crippen molar-refractivity contribution in [2.45, 2.75) is 46.6 Å². The molecule has 0 aliphatic rings. The molecular formula is C13H25N3. The Labute approximate surface area is 99.2 Å². The van der Waals surface area contributed by atoms with E-state index in [1.54, 1.807) is 0 Å². The molecule has 0 radical (unpaired) electrons. The lowest BCUT2D eigenvalue weighted by Crippen LogP contribution is -2.23. The molecule has 0 saturated heterocycles. The van der Waals surface area contributed by atoms with Crippen LogP contribution in [-0.2, 0) is 7.05 Å². The quantitative estimate of drug-likeness (QED) is 0.803. The summed E-state index contributed by atoms with van der Waals surface area (Å²) in [5.41, 5.74) is 2.62. The van der Waals surface area contributed by atoms with E-state index in [0.717, 1.165) is 12.5 Å². The highest BCUT2D eigenvalue weighted by Gasteiger charge is 2.17. The summed E-state index contributed by atoms with van der Waals surface area (Å²) in [4.78, 5) is 0. The van der Waals surface area contributed by atoms with Crippen LogP contribution in [0, 0.1) is 12.8 Å². The van der Waals surface area contributed by atoms with Crippen LogP contribution in [0.1, 0.15) is 50.9 Å². The molecule has 1 aromatic rings. The third-order valence-corrected chi connectivity index (χ3v) is 3.43. The molecule has 1 heterocycles. The summed E-state index contributed by atoms with van der Waals surface area (Å²) in [7, 11) is 2.01. The summed E-state index contributed by atoms with van der Waals surface area (Å²) in [6.07, 6.45) is 4.43. The number of nitrogens with one attached hydrogen (secondary N) is 1. The standard InChI is InChI=1S/C13H25N3/c1-6-10(3)8-13(14-7-2)12-9-15-16(5)11(12)4/h9-10,13-14H,6-8H2,1-5H3. The minimum Gasteiger partial charge on any atom is -0.310 e. The monoisotopic (exact) mass is 223 g/mol. The lowest BCUT2D eigenvalue weighted by Gasteiger charge is -2.21. The van der Waals surface area contributed by atoms with Crippen molar-refractivity contribution in [3.63, 3.8) is 0 Å². The van der Waals surface area contributed by atoms with E-state index in [0.29, 0.717) is 6.04 Å². The van der Waals surface area contributed by atoms with Crippen molar-refractivity contribution in [3.05, 3.63) is 17.5 Å². The smallest absolute Gasteiger partial charge is 0.0540 e. The maximum Gasteiger partial charge on any atom is 0.0540 e. The third kappa shape index (κ3) is 3.08. The fourth-order valence-corrected chi connectivity index (χ4v) is 1.99. The SMILES string of the molecule is CCNC(CC(C)CC)c1cnn(C)c1C. The molecule has 1 N–H and O–H groups in total. The zero-order valence-corrected chi connectivity index (χ0v) is 11.2. The lowest BCUT2D eigenvalue weighted by molar-refractivity contribution is 0.407. The zero-order valence-electron chi connectivity index (χ0n) is 11.2. The van der Waals surface area contributed by atoms with Gasteiger partial charge < -0.3 is 5.32 Å². The first-order valence-corrected chi connectivity index (χ1v) is 6.31. The van der Waals surface area contributed by atoms with E-state index < -0.39 is 0 Å². The predicted octanol–water partition coefficient (Wildman–Crippen LogP) is 2.82. The van der Waals surface area contributed by atoms with Gasteiger partial charge in [0, 0.05) is 24.3 Å². The van der Waals surface area contributed by atoms with Crippen LogP contribution in [0.3, 0.4) is 0 Å². The Bertz CT molecular complexity index is 317. The molecule has 0 bridgehead atoms. The van der Waals surface area contributed by atoms with Gasteiger partial charge in [0.2, 0.25) is 0 Å². The van der Waals surface area contributed by atoms with Crippen LogP contribution in [0.25, 0.3) is 0 Å². The van der Waals surface area contributed by atoms with Crippen LogP contribution >= 0.6 is 0 Å². The summed E-state index contributed by atoms with van der Waals surface area (Å²) in [5, 5.41) is 7.89. The van der Waals surface area contributed by atoms with Crippen molar-refractivity contribution >= 4 is 0 Å². The average Bonchev–Trinajstić information content (AvgIpc) is 2.59. The number of aryl methyl sites for hydroxylation is 1. The van der Waals surface area contributed by atoms with Crippen molar-refractivity contribution in [3.8, 4) is 0 Å². The van der Waals surface area contributed by atoms with E-state index in [1.165, 1.54) is 24.1 Å². The molecule has 2 atom stereocenters. The number of nitrogens with zero attached hydrogens (tertiary/aromatic N) is 2. The number of hydrogen-bond acceptors (Lipinski definition) is 2. The molecule has 0 aliphatic carbocycles. The second-order valence-corrected chi connectivity index (χ2v) is 4.67. The Hall–Kier alpha value is -0.830. The molecule has 0 fully saturated rings. The minimum atomic E-state index is 0.452. The van der Waals surface area contributed by atoms with Gasteiger partial charge in [0.25, 0.3) is 0 Å². The van der Waals surface area contributed by atoms with Crippen LogP contribution in [0.2, 0.25) is 0 Å². The largest absolute Gasteiger partial charge is 0.310 e. The van der Waals surface area contributed by atoms with Crippen molar-refractivity contribution < 1.29 is 0 Å². The van der Waals surface area contributed by atoms with Crippen LogP contribution in [-0.4, -0.2) is 16.3 Å². The van der Waals surface area contributed by atoms with Crippen LogP contribution in [0.5, 0.6) is 0 Å². The van der Waals surface area contributed by atoms with Gasteiger partial charge in [-0.1, -0.05) is 27.2 Å². The van der Waals surface area contributed by atoms with Gasteiger partial charge in [-0.15, -0.1) is 0 Å². The second-order valence-electron chi connectivity index (χ2n) is 4.67. The van der Waals surface area contributed by atoms with E-state index in [4.69, 9.17) is 0 Å². The maximum atomic E-state index is 4.33. The van der Waals surface area contributed by atoms with Gasteiger partial charge in [0.15, 0.2) is 0 Å². The van der Waals surface area contributed by atoms with Gasteiger partial charge in [-0.25, -0.2) is 0 Å². The number of aromatic nitrogens is 2. The highest BCUT2D eigenvalue weighted by atomic mass is 15.3. The van der Waals surface area contributed by atoms with E-state index in [-0.39, 0.29) is 0 Å². The van der Waals surface area contributed by atoms with Gasteiger partial charge in [0.05, 0.1) is 6.20 Å². The van der Waals surface area contributed by atoms with Crippen molar-refractivity contribution in [2.24, 2.45) is 13.0 Å². The first-order valence-electron chi connectivity index (χ1n) is 6.31. The summed E-state index contributed by atoms with van der Waals surface area (Å²) in [5.74, 6) is 0.753. The lowest BCUT2D eigenvalue weighted by atomic mass is 9.94. The highest BCUT2D eigenvalue weighted by Crippen LogP contribution is 2.24. The number of hydrogen-bond donors (Lipinski definition) is 1. The molecule has 16 heavy (non-hydrogen) atoms. The fourth-order valence-electron chi connectivity index (χ4n) is 1.99. The average molecular weight is 223 g/mol. The van der Waals surface area contributed by atoms with Gasteiger partial charge in [-0.05, 0) is 25.8 Å². The van der Waals surface area contributed by atoms with Crippen molar-refractivity contribution in [1.29, 1.82) is 0 Å². The molecule has 1 rings (SSSR count). The Kier molecular flexibility index (Phi) is 5.00. The molecule has 0 aromatic carbocycles. The molecule has 1 aromatic heterocycles. The minimum absolute atomic E-state index is 0.452. The summed E-state index contributed by atoms with van der Waals surface area (Å²) >= 11 is 0. The molecule has 3 heteroatoms. The van der Waals surface area contributed by atoms with Crippen LogP contribution in [0.15, 0.2) is 6.20 Å². The van der Waals surface area contributed by atoms with Gasteiger partial charge in [-0.3, -0.25) is 4.68 Å². The third-order valence-electron chi connectivity index (χ3n) is 3.43. The summed E-state index contributed by atoms with van der Waals surface area (Å²) in [6, 6.07) is 0.452. The molecule has 3 nitrogen and oxygen atoms in total. The van der Waals surface area contributed by atoms with Crippen LogP contribution in [0.4, 0.5) is 0 Å². The second kappa shape index (κ2) is 6.04. The van der Waals surface area contributed by atoms with E-state index >= 15 is 0 Å². The molecule has 0 amide bonds. The summed E-state index contributed by atoms with van der Waals surface area (Å²) in [6.45, 7) is 9.88. The fraction of sp³-hybridized carbons (Fsp3) is 0.769. The van der Waals surface area contributed by atoms with Crippen molar-refractivity contribution in [2.75, 3.05) is 6.54 Å². The first kappa shape index (κ1) is 13.2. The van der Waals surface area contributed by atoms with Gasteiger partial charge in [0.1, 0.15) is 0 Å². The van der Waals surface area contributed by atoms with Crippen LogP contribution < -0.4 is 5.32 Å². The Morgan fingerprint density at radius 1 is 1.44 bits per heavy atom. The highest BCUT2D eigenvalue weighted by molar-refractivity contribution is 5.20. The Morgan fingerprint density at radius 3 is 2.56 bits per heavy atom. The van der Waals surface area contributed by atoms with E-state index in [9.17, 15) is 0 Å². The van der Waals surface area contributed by atoms with E-state index in [1.807, 2.05) is 17.9 Å². The molecule has 0 saturated carbocycles. The van der Waals surface area contributed by atoms with Gasteiger partial charge >= 0.3 is 0 Å². The van der Waals surface area contributed by atoms with Gasteiger partial charge in [-0.2, -0.15) is 5.10 Å². The zero-order chi connectivity index (χ0) is 12.1. The maximum absolute atomic E-state index is 4.33. The Balaban J connectivity index is 2.80. The van der Waals surface area contributed by atoms with Crippen molar-refractivity contribution in [1.82, 2.24) is 15.1 Å². The molecular weight excluding hydrogens is 198 g/mol. The number of rotatable bonds is 6. The summed E-state index contributed by atoms with van der Waals surface area (Å²) < 4.78 is 1.95. The Morgan fingerprint density at radius 2 is 2.12 bits per heavy atom. The normalized spacial score (nSPS) is 15.1. The first-order chi connectivity index (χ1) is 7.60. The topological polar surface area (TPSA) is 29.9 Å².